The Morgan fingerprint density at radius 1 is 0.895 bits per heavy atom. The van der Waals surface area contributed by atoms with Gasteiger partial charge in [0.25, 0.3) is 10.4 Å². The Bertz CT molecular complexity index is 291. The molecule has 0 amide bonds. The molecule has 4 nitrogen and oxygen atoms in total. The Hall–Kier alpha value is 0.220. The minimum Gasteiger partial charge on any atom is -0.722 e. The minimum absolute atomic E-state index is 0.596. The molecule has 0 saturated heterocycles. The van der Waals surface area contributed by atoms with Gasteiger partial charge in [0.15, 0.2) is 11.2 Å². The molecular formula is C13H28O4S2. The molecule has 0 spiro atoms. The van der Waals surface area contributed by atoms with Crippen molar-refractivity contribution in [3.63, 3.8) is 0 Å². The van der Waals surface area contributed by atoms with E-state index in [0.717, 1.165) is 12.8 Å². The molecule has 1 unspecified atom stereocenters. The summed E-state index contributed by atoms with van der Waals surface area (Å²) < 4.78 is 36.0. The molecule has 116 valence electrons. The maximum absolute atomic E-state index is 10.5. The normalized spacial score (nSPS) is 13.6. The second-order valence-corrected chi connectivity index (χ2v) is 7.96. The highest BCUT2D eigenvalue weighted by molar-refractivity contribution is 8.00. The summed E-state index contributed by atoms with van der Waals surface area (Å²) in [5, 5.41) is 0. The largest absolute Gasteiger partial charge is 0.722 e. The molecule has 0 aliphatic rings. The summed E-state index contributed by atoms with van der Waals surface area (Å²) >= 11 is -0.713. The summed E-state index contributed by atoms with van der Waals surface area (Å²) in [5.74, 6) is 1.28. The van der Waals surface area contributed by atoms with E-state index in [4.69, 9.17) is 0 Å². The summed E-state index contributed by atoms with van der Waals surface area (Å²) in [4.78, 5) is 0. The van der Waals surface area contributed by atoms with Gasteiger partial charge in [0.05, 0.1) is 0 Å². The van der Waals surface area contributed by atoms with Gasteiger partial charge in [-0.2, -0.15) is 0 Å². The van der Waals surface area contributed by atoms with Crippen molar-refractivity contribution in [3.05, 3.63) is 0 Å². The van der Waals surface area contributed by atoms with Crippen molar-refractivity contribution in [2.24, 2.45) is 0 Å². The number of rotatable bonds is 13. The molecule has 0 rings (SSSR count). The number of hydrogen-bond acceptors (Lipinski definition) is 4. The smallest absolute Gasteiger partial charge is 0.265 e. The van der Waals surface area contributed by atoms with Gasteiger partial charge >= 0.3 is 0 Å². The van der Waals surface area contributed by atoms with Crippen LogP contribution in [0.4, 0.5) is 0 Å². The van der Waals surface area contributed by atoms with Crippen LogP contribution in [0.15, 0.2) is 0 Å². The van der Waals surface area contributed by atoms with Gasteiger partial charge < -0.3 is 4.55 Å². The molecule has 0 bridgehead atoms. The van der Waals surface area contributed by atoms with Gasteiger partial charge in [-0.1, -0.05) is 55.5 Å². The van der Waals surface area contributed by atoms with Crippen LogP contribution in [-0.2, 0) is 25.2 Å². The third-order valence-corrected chi connectivity index (χ3v) is 5.80. The van der Waals surface area contributed by atoms with E-state index >= 15 is 0 Å². The summed E-state index contributed by atoms with van der Waals surface area (Å²) in [7, 11) is -4.53. The van der Waals surface area contributed by atoms with E-state index in [-0.39, 0.29) is 0 Å². The molecule has 0 heterocycles. The van der Waals surface area contributed by atoms with Crippen LogP contribution in [0.5, 0.6) is 0 Å². The number of hydrogen-bond donors (Lipinski definition) is 0. The lowest BCUT2D eigenvalue weighted by Gasteiger charge is -2.07. The molecule has 0 aromatic rings. The van der Waals surface area contributed by atoms with Crippen molar-refractivity contribution in [2.75, 3.05) is 11.5 Å². The molecule has 0 radical (unpaired) electrons. The second kappa shape index (κ2) is 12.0. The minimum atomic E-state index is -4.53. The summed E-state index contributed by atoms with van der Waals surface area (Å²) in [5.41, 5.74) is 0. The van der Waals surface area contributed by atoms with E-state index in [1.807, 2.05) is 6.92 Å². The van der Waals surface area contributed by atoms with Crippen molar-refractivity contribution < 1.29 is 16.6 Å². The molecule has 0 fully saturated rings. The van der Waals surface area contributed by atoms with Crippen molar-refractivity contribution in [3.8, 4) is 0 Å². The van der Waals surface area contributed by atoms with Crippen molar-refractivity contribution in [2.45, 2.75) is 71.6 Å². The quantitative estimate of drug-likeness (QED) is 0.226. The van der Waals surface area contributed by atoms with E-state index < -0.39 is 21.6 Å². The third-order valence-electron chi connectivity index (χ3n) is 2.98. The molecule has 0 N–H and O–H groups in total. The standard InChI is InChI=1S/C13H28O4S2/c1-3-5-6-7-8-9-10-11-12-13-18(4-2)17-19(14,15)16/h3-13H2,1-2H3. The first-order chi connectivity index (χ1) is 8.99. The maximum atomic E-state index is 10.5. The van der Waals surface area contributed by atoms with E-state index in [9.17, 15) is 13.0 Å². The molecule has 0 saturated carbocycles. The molecule has 6 heteroatoms. The highest BCUT2D eigenvalue weighted by Crippen LogP contribution is 2.12. The lowest BCUT2D eigenvalue weighted by molar-refractivity contribution is 0.387. The zero-order chi connectivity index (χ0) is 14.6. The van der Waals surface area contributed by atoms with Crippen molar-refractivity contribution in [1.82, 2.24) is 0 Å². The van der Waals surface area contributed by atoms with Crippen LogP contribution in [0.1, 0.15) is 71.6 Å². The first kappa shape index (κ1) is 19.2. The molecule has 0 aliphatic heterocycles. The van der Waals surface area contributed by atoms with Gasteiger partial charge in [0, 0.05) is 0 Å². The van der Waals surface area contributed by atoms with Gasteiger partial charge in [-0.15, -0.1) is 0 Å². The Morgan fingerprint density at radius 2 is 1.37 bits per heavy atom. The fourth-order valence-corrected chi connectivity index (χ4v) is 4.33. The van der Waals surface area contributed by atoms with E-state index in [1.165, 1.54) is 44.9 Å². The van der Waals surface area contributed by atoms with Crippen molar-refractivity contribution in [1.29, 1.82) is 0 Å². The van der Waals surface area contributed by atoms with E-state index in [0.29, 0.717) is 11.5 Å². The van der Waals surface area contributed by atoms with Crippen LogP contribution in [0, 0.1) is 0 Å². The van der Waals surface area contributed by atoms with Crippen LogP contribution in [-0.4, -0.2) is 24.5 Å². The van der Waals surface area contributed by atoms with E-state index in [2.05, 4.69) is 10.6 Å². The number of unbranched alkanes of at least 4 members (excludes halogenated alkanes) is 8. The summed E-state index contributed by atoms with van der Waals surface area (Å²) in [6.45, 7) is 4.07. The fourth-order valence-electron chi connectivity index (χ4n) is 1.92. The second-order valence-electron chi connectivity index (χ2n) is 4.74. The van der Waals surface area contributed by atoms with Gasteiger partial charge in [-0.25, -0.2) is 8.42 Å². The van der Waals surface area contributed by atoms with Crippen LogP contribution < -0.4 is 0 Å². The van der Waals surface area contributed by atoms with Crippen LogP contribution in [0.2, 0.25) is 0 Å². The van der Waals surface area contributed by atoms with Gasteiger partial charge in [0.1, 0.15) is 11.5 Å². The van der Waals surface area contributed by atoms with E-state index in [1.54, 1.807) is 0 Å². The van der Waals surface area contributed by atoms with Gasteiger partial charge in [-0.3, -0.25) is 0 Å². The highest BCUT2D eigenvalue weighted by Gasteiger charge is 2.21. The average Bonchev–Trinajstić information content (AvgIpc) is 2.34. The molecule has 0 aliphatic carbocycles. The predicted molar refractivity (Wildman–Crippen MR) is 80.8 cm³/mol. The first-order valence-corrected chi connectivity index (χ1v) is 10.1. The lowest BCUT2D eigenvalue weighted by Crippen LogP contribution is -2.18. The SMILES string of the molecule is CCCCCCCCCCC[S+](CC)OS(=O)(=O)[O-]. The Labute approximate surface area is 121 Å². The van der Waals surface area contributed by atoms with Crippen LogP contribution in [0.25, 0.3) is 0 Å². The maximum Gasteiger partial charge on any atom is 0.265 e. The van der Waals surface area contributed by atoms with Gasteiger partial charge in [-0.05, 0) is 19.8 Å². The Kier molecular flexibility index (Phi) is 12.1. The average molecular weight is 312 g/mol. The molecule has 0 aromatic heterocycles. The lowest BCUT2D eigenvalue weighted by atomic mass is 10.1. The summed E-state index contributed by atoms with van der Waals surface area (Å²) in [6.07, 6.45) is 11.1. The van der Waals surface area contributed by atoms with Crippen LogP contribution in [0.3, 0.4) is 0 Å². The topological polar surface area (TPSA) is 66.4 Å². The Balaban J connectivity index is 3.41. The third kappa shape index (κ3) is 14.4. The summed E-state index contributed by atoms with van der Waals surface area (Å²) in [6, 6.07) is 0. The highest BCUT2D eigenvalue weighted by atomic mass is 32.3. The van der Waals surface area contributed by atoms with Crippen LogP contribution >= 0.6 is 0 Å². The monoisotopic (exact) mass is 312 g/mol. The zero-order valence-electron chi connectivity index (χ0n) is 12.2. The molecule has 19 heavy (non-hydrogen) atoms. The molecule has 1 atom stereocenters. The van der Waals surface area contributed by atoms with Crippen molar-refractivity contribution >= 4 is 21.6 Å². The molecule has 0 aromatic carbocycles. The molecular weight excluding hydrogens is 284 g/mol. The first-order valence-electron chi connectivity index (χ1n) is 7.32. The van der Waals surface area contributed by atoms with Gasteiger partial charge in [0.2, 0.25) is 0 Å². The Morgan fingerprint density at radius 3 is 1.79 bits per heavy atom. The zero-order valence-corrected chi connectivity index (χ0v) is 13.9. The fraction of sp³-hybridized carbons (Fsp3) is 1.00. The predicted octanol–water partition coefficient (Wildman–Crippen LogP) is 3.55.